The van der Waals surface area contributed by atoms with E-state index in [2.05, 4.69) is 15.3 Å². The number of anilines is 1. The molecule has 0 aliphatic carbocycles. The number of hydrogen-bond donors (Lipinski definition) is 1. The molecule has 1 amide bonds. The molecule has 0 radical (unpaired) electrons. The van der Waals surface area contributed by atoms with Crippen LogP contribution in [0.4, 0.5) is 5.13 Å². The van der Waals surface area contributed by atoms with Gasteiger partial charge in [-0.1, -0.05) is 11.6 Å². The van der Waals surface area contributed by atoms with Crippen molar-refractivity contribution < 1.29 is 14.3 Å². The maximum absolute atomic E-state index is 12.1. The average Bonchev–Trinajstić information content (AvgIpc) is 3.13. The zero-order valence-corrected chi connectivity index (χ0v) is 13.4. The van der Waals surface area contributed by atoms with E-state index in [0.717, 1.165) is 11.3 Å². The van der Waals surface area contributed by atoms with Crippen LogP contribution >= 0.6 is 22.9 Å². The minimum atomic E-state index is -0.306. The van der Waals surface area contributed by atoms with Crippen LogP contribution in [0.2, 0.25) is 5.02 Å². The first-order valence-corrected chi connectivity index (χ1v) is 7.95. The third-order valence-corrected chi connectivity index (χ3v) is 4.18. The molecule has 1 fully saturated rings. The van der Waals surface area contributed by atoms with Crippen LogP contribution in [0, 0.1) is 6.92 Å². The molecule has 22 heavy (non-hydrogen) atoms. The predicted octanol–water partition coefficient (Wildman–Crippen LogP) is 2.92. The number of nitrogens with zero attached hydrogens (tertiary/aromatic N) is 2. The topological polar surface area (TPSA) is 73.3 Å². The van der Waals surface area contributed by atoms with Gasteiger partial charge in [-0.2, -0.15) is 0 Å². The standard InChI is InChI=1S/C14H14ClN3O3S/c1-8-5-17-14(22-8)18-12(19)9-4-11(15)13(16-6-9)21-10-2-3-20-7-10/h4-6,10H,2-3,7H2,1H3,(H,17,18,19)/t10-/m0/s1. The second-order valence-corrected chi connectivity index (χ2v) is 6.49. The highest BCUT2D eigenvalue weighted by atomic mass is 35.5. The normalized spacial score (nSPS) is 17.5. The quantitative estimate of drug-likeness (QED) is 0.927. The molecular formula is C14H14ClN3O3S. The fraction of sp³-hybridized carbons (Fsp3) is 0.357. The number of thiazole rings is 1. The lowest BCUT2D eigenvalue weighted by Crippen LogP contribution is -2.17. The number of pyridine rings is 1. The summed E-state index contributed by atoms with van der Waals surface area (Å²) in [6, 6.07) is 1.54. The lowest BCUT2D eigenvalue weighted by atomic mass is 10.2. The molecule has 116 valence electrons. The summed E-state index contributed by atoms with van der Waals surface area (Å²) in [5.41, 5.74) is 0.355. The molecule has 0 unspecified atom stereocenters. The highest BCUT2D eigenvalue weighted by molar-refractivity contribution is 7.15. The Morgan fingerprint density at radius 3 is 3.00 bits per heavy atom. The summed E-state index contributed by atoms with van der Waals surface area (Å²) >= 11 is 7.54. The Kier molecular flexibility index (Phi) is 4.56. The molecule has 3 rings (SSSR count). The van der Waals surface area contributed by atoms with Crippen LogP contribution < -0.4 is 10.1 Å². The van der Waals surface area contributed by atoms with E-state index in [1.807, 2.05) is 6.92 Å². The molecule has 3 heterocycles. The molecule has 2 aromatic heterocycles. The van der Waals surface area contributed by atoms with Crippen molar-refractivity contribution in [1.29, 1.82) is 0 Å². The molecule has 0 aromatic carbocycles. The second-order valence-electron chi connectivity index (χ2n) is 4.84. The summed E-state index contributed by atoms with van der Waals surface area (Å²) in [7, 11) is 0. The summed E-state index contributed by atoms with van der Waals surface area (Å²) in [6.45, 7) is 3.13. The van der Waals surface area contributed by atoms with Gasteiger partial charge in [0.05, 0.1) is 18.8 Å². The zero-order chi connectivity index (χ0) is 15.5. The highest BCUT2D eigenvalue weighted by Gasteiger charge is 2.20. The van der Waals surface area contributed by atoms with E-state index in [9.17, 15) is 4.79 Å². The van der Waals surface area contributed by atoms with Crippen molar-refractivity contribution in [2.75, 3.05) is 18.5 Å². The first-order valence-electron chi connectivity index (χ1n) is 6.75. The van der Waals surface area contributed by atoms with Crippen LogP contribution in [-0.4, -0.2) is 35.2 Å². The molecule has 2 aromatic rings. The third kappa shape index (κ3) is 3.55. The minimum absolute atomic E-state index is 0.0389. The zero-order valence-electron chi connectivity index (χ0n) is 11.8. The molecule has 1 atom stereocenters. The minimum Gasteiger partial charge on any atom is -0.471 e. The summed E-state index contributed by atoms with van der Waals surface area (Å²) in [5, 5.41) is 3.55. The number of halogens is 1. The van der Waals surface area contributed by atoms with Gasteiger partial charge in [0.25, 0.3) is 5.91 Å². The average molecular weight is 340 g/mol. The van der Waals surface area contributed by atoms with E-state index in [-0.39, 0.29) is 12.0 Å². The van der Waals surface area contributed by atoms with Crippen molar-refractivity contribution >= 4 is 34.0 Å². The maximum Gasteiger partial charge on any atom is 0.259 e. The third-order valence-electron chi connectivity index (χ3n) is 3.08. The Labute approximate surface area is 136 Å². The van der Waals surface area contributed by atoms with Gasteiger partial charge in [0.2, 0.25) is 5.88 Å². The first kappa shape index (κ1) is 15.2. The predicted molar refractivity (Wildman–Crippen MR) is 83.9 cm³/mol. The molecule has 1 aliphatic rings. The van der Waals surface area contributed by atoms with E-state index in [4.69, 9.17) is 21.1 Å². The fourth-order valence-electron chi connectivity index (χ4n) is 1.98. The van der Waals surface area contributed by atoms with E-state index >= 15 is 0 Å². The molecule has 8 heteroatoms. The Bertz CT molecular complexity index is 686. The number of carbonyl (C=O) groups excluding carboxylic acids is 1. The monoisotopic (exact) mass is 339 g/mol. The van der Waals surface area contributed by atoms with Crippen molar-refractivity contribution in [2.24, 2.45) is 0 Å². The first-order chi connectivity index (χ1) is 10.6. The number of aromatic nitrogens is 2. The summed E-state index contributed by atoms with van der Waals surface area (Å²) in [4.78, 5) is 21.4. The number of amides is 1. The largest absolute Gasteiger partial charge is 0.471 e. The van der Waals surface area contributed by atoms with Crippen molar-refractivity contribution in [1.82, 2.24) is 9.97 Å². The molecule has 0 spiro atoms. The van der Waals surface area contributed by atoms with Crippen LogP contribution in [0.1, 0.15) is 21.7 Å². The van der Waals surface area contributed by atoms with Gasteiger partial charge < -0.3 is 9.47 Å². The molecule has 0 bridgehead atoms. The van der Waals surface area contributed by atoms with E-state index in [0.29, 0.717) is 34.8 Å². The van der Waals surface area contributed by atoms with Gasteiger partial charge in [0.1, 0.15) is 11.1 Å². The van der Waals surface area contributed by atoms with E-state index < -0.39 is 0 Å². The van der Waals surface area contributed by atoms with Crippen molar-refractivity contribution in [3.8, 4) is 5.88 Å². The number of ether oxygens (including phenoxy) is 2. The Hall–Kier alpha value is -1.70. The second kappa shape index (κ2) is 6.60. The molecule has 1 saturated heterocycles. The van der Waals surface area contributed by atoms with Crippen molar-refractivity contribution in [3.63, 3.8) is 0 Å². The Morgan fingerprint density at radius 1 is 1.50 bits per heavy atom. The highest BCUT2D eigenvalue weighted by Crippen LogP contribution is 2.26. The van der Waals surface area contributed by atoms with Gasteiger partial charge >= 0.3 is 0 Å². The SMILES string of the molecule is Cc1cnc(NC(=O)c2cnc(O[C@H]3CCOC3)c(Cl)c2)s1. The van der Waals surface area contributed by atoms with Crippen LogP contribution in [-0.2, 0) is 4.74 Å². The van der Waals surface area contributed by atoms with Crippen LogP contribution in [0.5, 0.6) is 5.88 Å². The smallest absolute Gasteiger partial charge is 0.259 e. The van der Waals surface area contributed by atoms with Crippen LogP contribution in [0.3, 0.4) is 0 Å². The van der Waals surface area contributed by atoms with Gasteiger partial charge in [-0.15, -0.1) is 11.3 Å². The number of rotatable bonds is 4. The van der Waals surface area contributed by atoms with Crippen molar-refractivity contribution in [3.05, 3.63) is 33.9 Å². The van der Waals surface area contributed by atoms with Crippen LogP contribution in [0.15, 0.2) is 18.5 Å². The number of carbonyl (C=O) groups is 1. The van der Waals surface area contributed by atoms with Crippen LogP contribution in [0.25, 0.3) is 0 Å². The molecule has 6 nitrogen and oxygen atoms in total. The summed E-state index contributed by atoms with van der Waals surface area (Å²) < 4.78 is 10.9. The fourth-order valence-corrected chi connectivity index (χ4v) is 2.85. The molecule has 0 saturated carbocycles. The molecular weight excluding hydrogens is 326 g/mol. The maximum atomic E-state index is 12.1. The van der Waals surface area contributed by atoms with E-state index in [1.165, 1.54) is 23.6 Å². The van der Waals surface area contributed by atoms with Gasteiger partial charge in [-0.05, 0) is 13.0 Å². The lowest BCUT2D eigenvalue weighted by Gasteiger charge is -2.12. The summed E-state index contributed by atoms with van der Waals surface area (Å²) in [5.74, 6) is 0.0123. The van der Waals surface area contributed by atoms with Gasteiger partial charge in [0, 0.05) is 23.7 Å². The Morgan fingerprint density at radius 2 is 2.36 bits per heavy atom. The van der Waals surface area contributed by atoms with Gasteiger partial charge in [0.15, 0.2) is 5.13 Å². The number of hydrogen-bond acceptors (Lipinski definition) is 6. The Balaban J connectivity index is 1.69. The number of nitrogens with one attached hydrogen (secondary N) is 1. The van der Waals surface area contributed by atoms with Gasteiger partial charge in [-0.3, -0.25) is 10.1 Å². The van der Waals surface area contributed by atoms with Gasteiger partial charge in [-0.25, -0.2) is 9.97 Å². The summed E-state index contributed by atoms with van der Waals surface area (Å²) in [6.07, 6.45) is 3.91. The van der Waals surface area contributed by atoms with E-state index in [1.54, 1.807) is 6.20 Å². The molecule has 1 N–H and O–H groups in total. The molecule has 1 aliphatic heterocycles. The van der Waals surface area contributed by atoms with Crippen molar-refractivity contribution in [2.45, 2.75) is 19.4 Å². The number of aryl methyl sites for hydroxylation is 1. The lowest BCUT2D eigenvalue weighted by molar-refractivity contribution is 0.102.